The van der Waals surface area contributed by atoms with Crippen LogP contribution in [-0.4, -0.2) is 40.1 Å². The van der Waals surface area contributed by atoms with Crippen LogP contribution in [0.15, 0.2) is 18.3 Å². The van der Waals surface area contributed by atoms with Gasteiger partial charge in [0.1, 0.15) is 12.3 Å². The summed E-state index contributed by atoms with van der Waals surface area (Å²) in [6.45, 7) is 4.84. The van der Waals surface area contributed by atoms with E-state index < -0.39 is 0 Å². The lowest BCUT2D eigenvalue weighted by atomic mass is 10.0. The van der Waals surface area contributed by atoms with Crippen LogP contribution < -0.4 is 0 Å². The van der Waals surface area contributed by atoms with Gasteiger partial charge in [-0.25, -0.2) is 4.98 Å². The Bertz CT molecular complexity index is 543. The summed E-state index contributed by atoms with van der Waals surface area (Å²) in [4.78, 5) is 18.8. The van der Waals surface area contributed by atoms with Crippen molar-refractivity contribution in [3.05, 3.63) is 29.6 Å². The fourth-order valence-electron chi connectivity index (χ4n) is 2.69. The molecule has 1 unspecified atom stereocenters. The van der Waals surface area contributed by atoms with E-state index in [1.165, 1.54) is 0 Å². The van der Waals surface area contributed by atoms with E-state index in [-0.39, 0.29) is 18.6 Å². The molecule has 4 heteroatoms. The lowest BCUT2D eigenvalue weighted by molar-refractivity contribution is 0.0695. The standard InChI is InChI=1S/C16H20N2O2/c1-12(2)14-8-4-10-18(14)16(20)15-13(7-5-11-19)6-3-9-17-15/h3,6,9,12,14,19H,4,8,10-11H2,1-2H3. The fourth-order valence-corrected chi connectivity index (χ4v) is 2.69. The van der Waals surface area contributed by atoms with Gasteiger partial charge in [0.15, 0.2) is 0 Å². The molecule has 1 saturated heterocycles. The molecule has 1 aromatic heterocycles. The maximum atomic E-state index is 12.7. The van der Waals surface area contributed by atoms with Crippen molar-refractivity contribution in [1.82, 2.24) is 9.88 Å². The van der Waals surface area contributed by atoms with Crippen LogP contribution in [0, 0.1) is 17.8 Å². The van der Waals surface area contributed by atoms with E-state index >= 15 is 0 Å². The second kappa shape index (κ2) is 6.53. The average molecular weight is 272 g/mol. The minimum Gasteiger partial charge on any atom is -0.384 e. The summed E-state index contributed by atoms with van der Waals surface area (Å²) in [5.41, 5.74) is 0.974. The topological polar surface area (TPSA) is 53.4 Å². The van der Waals surface area contributed by atoms with Gasteiger partial charge in [-0.05, 0) is 30.9 Å². The van der Waals surface area contributed by atoms with E-state index in [1.807, 2.05) is 4.90 Å². The smallest absolute Gasteiger partial charge is 0.274 e. The summed E-state index contributed by atoms with van der Waals surface area (Å²) in [6.07, 6.45) is 3.70. The molecule has 1 fully saturated rings. The SMILES string of the molecule is CC(C)C1CCCN1C(=O)c1ncccc1C#CCO. The first-order chi connectivity index (χ1) is 9.65. The van der Waals surface area contributed by atoms with Crippen molar-refractivity contribution in [2.75, 3.05) is 13.2 Å². The summed E-state index contributed by atoms with van der Waals surface area (Å²) in [6, 6.07) is 3.80. The molecule has 0 radical (unpaired) electrons. The number of aliphatic hydroxyl groups is 1. The molecular weight excluding hydrogens is 252 g/mol. The Labute approximate surface area is 119 Å². The highest BCUT2D eigenvalue weighted by molar-refractivity contribution is 5.95. The number of pyridine rings is 1. The fraction of sp³-hybridized carbons (Fsp3) is 0.500. The number of nitrogens with zero attached hydrogens (tertiary/aromatic N) is 2. The molecule has 1 N–H and O–H groups in total. The van der Waals surface area contributed by atoms with Gasteiger partial charge in [0.25, 0.3) is 5.91 Å². The van der Waals surface area contributed by atoms with Gasteiger partial charge < -0.3 is 10.0 Å². The Hall–Kier alpha value is -1.86. The zero-order valence-electron chi connectivity index (χ0n) is 12.0. The maximum Gasteiger partial charge on any atom is 0.274 e. The minimum absolute atomic E-state index is 0.0518. The van der Waals surface area contributed by atoms with E-state index in [9.17, 15) is 4.79 Å². The lowest BCUT2D eigenvalue weighted by Gasteiger charge is -2.27. The largest absolute Gasteiger partial charge is 0.384 e. The number of carbonyl (C=O) groups is 1. The molecular formula is C16H20N2O2. The first-order valence-electron chi connectivity index (χ1n) is 7.01. The van der Waals surface area contributed by atoms with Crippen LogP contribution in [0.25, 0.3) is 0 Å². The van der Waals surface area contributed by atoms with Crippen LogP contribution in [0.3, 0.4) is 0 Å². The maximum absolute atomic E-state index is 12.7. The zero-order chi connectivity index (χ0) is 14.5. The van der Waals surface area contributed by atoms with Crippen LogP contribution in [0.2, 0.25) is 0 Å². The van der Waals surface area contributed by atoms with Crippen molar-refractivity contribution >= 4 is 5.91 Å². The third-order valence-corrected chi connectivity index (χ3v) is 3.64. The second-order valence-electron chi connectivity index (χ2n) is 5.31. The van der Waals surface area contributed by atoms with Crippen molar-refractivity contribution in [2.24, 2.45) is 5.92 Å². The second-order valence-corrected chi connectivity index (χ2v) is 5.31. The Kier molecular flexibility index (Phi) is 4.75. The molecule has 4 nitrogen and oxygen atoms in total. The van der Waals surface area contributed by atoms with Gasteiger partial charge in [-0.2, -0.15) is 0 Å². The number of hydrogen-bond donors (Lipinski definition) is 1. The summed E-state index contributed by atoms with van der Waals surface area (Å²) >= 11 is 0. The van der Waals surface area contributed by atoms with E-state index in [1.54, 1.807) is 18.3 Å². The highest BCUT2D eigenvalue weighted by atomic mass is 16.2. The van der Waals surface area contributed by atoms with E-state index in [4.69, 9.17) is 5.11 Å². The molecule has 20 heavy (non-hydrogen) atoms. The molecule has 1 aromatic rings. The molecule has 0 aromatic carbocycles. The number of hydrogen-bond acceptors (Lipinski definition) is 3. The summed E-state index contributed by atoms with van der Waals surface area (Å²) < 4.78 is 0. The summed E-state index contributed by atoms with van der Waals surface area (Å²) in [5.74, 6) is 5.77. The molecule has 0 spiro atoms. The van der Waals surface area contributed by atoms with Gasteiger partial charge in [-0.15, -0.1) is 0 Å². The van der Waals surface area contributed by atoms with Crippen molar-refractivity contribution < 1.29 is 9.90 Å². The third-order valence-electron chi connectivity index (χ3n) is 3.64. The van der Waals surface area contributed by atoms with Crippen LogP contribution in [0.4, 0.5) is 0 Å². The predicted molar refractivity (Wildman–Crippen MR) is 77.1 cm³/mol. The number of aliphatic hydroxyl groups excluding tert-OH is 1. The molecule has 1 aliphatic rings. The monoisotopic (exact) mass is 272 g/mol. The highest BCUT2D eigenvalue weighted by Gasteiger charge is 2.32. The number of aromatic nitrogens is 1. The first kappa shape index (κ1) is 14.5. The van der Waals surface area contributed by atoms with Crippen molar-refractivity contribution in [2.45, 2.75) is 32.7 Å². The number of likely N-dealkylation sites (tertiary alicyclic amines) is 1. The number of amides is 1. The number of rotatable bonds is 2. The molecule has 1 aliphatic heterocycles. The Morgan fingerprint density at radius 2 is 2.40 bits per heavy atom. The van der Waals surface area contributed by atoms with Crippen LogP contribution in [-0.2, 0) is 0 Å². The minimum atomic E-state index is -0.221. The van der Waals surface area contributed by atoms with Gasteiger partial charge in [-0.1, -0.05) is 25.7 Å². The van der Waals surface area contributed by atoms with Gasteiger partial charge in [0, 0.05) is 18.8 Å². The lowest BCUT2D eigenvalue weighted by Crippen LogP contribution is -2.39. The van der Waals surface area contributed by atoms with Crippen molar-refractivity contribution in [3.63, 3.8) is 0 Å². The Morgan fingerprint density at radius 1 is 1.60 bits per heavy atom. The molecule has 0 bridgehead atoms. The summed E-state index contributed by atoms with van der Waals surface area (Å²) in [7, 11) is 0. The zero-order valence-corrected chi connectivity index (χ0v) is 12.0. The Morgan fingerprint density at radius 3 is 3.10 bits per heavy atom. The van der Waals surface area contributed by atoms with Crippen LogP contribution >= 0.6 is 0 Å². The molecule has 1 amide bonds. The summed E-state index contributed by atoms with van der Waals surface area (Å²) in [5, 5.41) is 8.79. The molecule has 0 aliphatic carbocycles. The van der Waals surface area contributed by atoms with Crippen LogP contribution in [0.5, 0.6) is 0 Å². The van der Waals surface area contributed by atoms with Crippen molar-refractivity contribution in [3.8, 4) is 11.8 Å². The Balaban J connectivity index is 2.29. The van der Waals surface area contributed by atoms with Gasteiger partial charge >= 0.3 is 0 Å². The van der Waals surface area contributed by atoms with E-state index in [2.05, 4.69) is 30.7 Å². The van der Waals surface area contributed by atoms with Gasteiger partial charge in [-0.3, -0.25) is 4.79 Å². The van der Waals surface area contributed by atoms with Gasteiger partial charge in [0.05, 0.1) is 5.56 Å². The number of carbonyl (C=O) groups excluding carboxylic acids is 1. The average Bonchev–Trinajstić information content (AvgIpc) is 2.94. The van der Waals surface area contributed by atoms with E-state index in [0.29, 0.717) is 17.2 Å². The quantitative estimate of drug-likeness (QED) is 0.834. The predicted octanol–water partition coefficient (Wildman–Crippen LogP) is 1.69. The van der Waals surface area contributed by atoms with Crippen molar-refractivity contribution in [1.29, 1.82) is 0 Å². The first-order valence-corrected chi connectivity index (χ1v) is 7.01. The molecule has 106 valence electrons. The van der Waals surface area contributed by atoms with E-state index in [0.717, 1.165) is 19.4 Å². The normalized spacial score (nSPS) is 18.0. The molecule has 1 atom stereocenters. The molecule has 0 saturated carbocycles. The highest BCUT2D eigenvalue weighted by Crippen LogP contribution is 2.25. The molecule has 2 heterocycles. The molecule has 2 rings (SSSR count). The third kappa shape index (κ3) is 3.00. The van der Waals surface area contributed by atoms with Crippen LogP contribution in [0.1, 0.15) is 42.7 Å². The van der Waals surface area contributed by atoms with Gasteiger partial charge in [0.2, 0.25) is 0 Å².